The third-order valence-corrected chi connectivity index (χ3v) is 6.15. The van der Waals surface area contributed by atoms with Crippen LogP contribution in [-0.2, 0) is 14.3 Å². The second kappa shape index (κ2) is 7.48. The Labute approximate surface area is 180 Å². The fourth-order valence-corrected chi connectivity index (χ4v) is 4.60. The number of piperidine rings is 3. The number of halogens is 3. The number of pyridine rings is 1. The first-order chi connectivity index (χ1) is 15.2. The summed E-state index contributed by atoms with van der Waals surface area (Å²) in [5.41, 5.74) is 1.16. The molecule has 1 unspecified atom stereocenters. The fourth-order valence-electron chi connectivity index (χ4n) is 4.60. The Balaban J connectivity index is 1.45. The SMILES string of the molecule is O=C1NC(N[C@H]2CN3CCC2CC3)(OC(=O)C(F)(F)F)NC1=Cc1c[nH]c2ncccc12. The van der Waals surface area contributed by atoms with Gasteiger partial charge in [0.25, 0.3) is 5.91 Å². The van der Waals surface area contributed by atoms with E-state index in [9.17, 15) is 22.8 Å². The molecule has 2 atom stereocenters. The lowest BCUT2D eigenvalue weighted by Gasteiger charge is -2.47. The fraction of sp³-hybridized carbons (Fsp3) is 0.450. The van der Waals surface area contributed by atoms with Gasteiger partial charge in [0.05, 0.1) is 0 Å². The number of ether oxygens (including phenoxy) is 1. The van der Waals surface area contributed by atoms with Crippen molar-refractivity contribution >= 4 is 29.0 Å². The maximum absolute atomic E-state index is 13.0. The number of carbonyl (C=O) groups is 2. The van der Waals surface area contributed by atoms with Gasteiger partial charge in [-0.25, -0.2) is 15.1 Å². The predicted octanol–water partition coefficient (Wildman–Crippen LogP) is 1.02. The Morgan fingerprint density at radius 1 is 1.31 bits per heavy atom. The lowest BCUT2D eigenvalue weighted by Crippen LogP contribution is -2.71. The van der Waals surface area contributed by atoms with E-state index in [4.69, 9.17) is 4.74 Å². The first-order valence-electron chi connectivity index (χ1n) is 10.3. The average molecular weight is 450 g/mol. The van der Waals surface area contributed by atoms with Crippen molar-refractivity contribution in [1.29, 1.82) is 0 Å². The lowest BCUT2D eigenvalue weighted by atomic mass is 9.84. The number of hydrogen-bond acceptors (Lipinski definition) is 7. The average Bonchev–Trinajstić information content (AvgIpc) is 3.29. The molecule has 1 amide bonds. The maximum Gasteiger partial charge on any atom is 0.491 e. The van der Waals surface area contributed by atoms with E-state index in [1.54, 1.807) is 24.5 Å². The number of aromatic nitrogens is 2. The van der Waals surface area contributed by atoms with Crippen molar-refractivity contribution in [1.82, 2.24) is 30.8 Å². The summed E-state index contributed by atoms with van der Waals surface area (Å²) < 4.78 is 43.8. The van der Waals surface area contributed by atoms with Crippen LogP contribution in [0.1, 0.15) is 18.4 Å². The molecule has 4 N–H and O–H groups in total. The minimum atomic E-state index is -5.22. The first-order valence-corrected chi connectivity index (χ1v) is 10.3. The van der Waals surface area contributed by atoms with Crippen molar-refractivity contribution in [2.75, 3.05) is 19.6 Å². The summed E-state index contributed by atoms with van der Waals surface area (Å²) in [6.45, 7) is 2.41. The van der Waals surface area contributed by atoms with Gasteiger partial charge in [-0.1, -0.05) is 0 Å². The molecule has 2 aromatic rings. The molecule has 4 saturated heterocycles. The third kappa shape index (κ3) is 3.79. The zero-order chi connectivity index (χ0) is 22.5. The second-order valence-corrected chi connectivity index (χ2v) is 8.24. The van der Waals surface area contributed by atoms with Gasteiger partial charge < -0.3 is 19.9 Å². The summed E-state index contributed by atoms with van der Waals surface area (Å²) in [6, 6.07) is 3.26. The molecule has 9 nitrogen and oxygen atoms in total. The zero-order valence-corrected chi connectivity index (χ0v) is 16.8. The molecule has 0 aromatic carbocycles. The lowest BCUT2D eigenvalue weighted by molar-refractivity contribution is -0.223. The highest BCUT2D eigenvalue weighted by molar-refractivity contribution is 6.02. The van der Waals surface area contributed by atoms with Crippen LogP contribution in [0.15, 0.2) is 30.2 Å². The smallest absolute Gasteiger partial charge is 0.399 e. The minimum absolute atomic E-state index is 0.0431. The highest BCUT2D eigenvalue weighted by Gasteiger charge is 2.53. The number of alkyl halides is 3. The Morgan fingerprint density at radius 2 is 2.09 bits per heavy atom. The van der Waals surface area contributed by atoms with E-state index in [0.717, 1.165) is 31.3 Å². The van der Waals surface area contributed by atoms with Crippen molar-refractivity contribution in [3.05, 3.63) is 35.8 Å². The molecule has 0 radical (unpaired) electrons. The molecule has 12 heteroatoms. The van der Waals surface area contributed by atoms with E-state index in [-0.39, 0.29) is 17.7 Å². The molecule has 4 aliphatic heterocycles. The summed E-state index contributed by atoms with van der Waals surface area (Å²) in [6.07, 6.45) is 1.24. The summed E-state index contributed by atoms with van der Waals surface area (Å²) in [7, 11) is 0. The molecular formula is C20H21F3N6O3. The molecule has 0 spiro atoms. The van der Waals surface area contributed by atoms with Crippen molar-refractivity contribution < 1.29 is 27.5 Å². The Kier molecular flexibility index (Phi) is 4.86. The van der Waals surface area contributed by atoms with E-state index in [0.29, 0.717) is 17.8 Å². The standard InChI is InChI=1S/C20H21F3N6O3/c21-19(22,23)18(31)32-20(27-15-10-29-6-3-11(15)4-7-29)26-14(17(30)28-20)8-12-9-25-16-13(12)2-1-5-24-16/h1-2,5,8-9,11,15,26-27H,3-4,6-7,10H2,(H,24,25)(H,28,30)/t15-,20?/m0/s1. The molecule has 2 aromatic heterocycles. The molecule has 0 aliphatic carbocycles. The Hall–Kier alpha value is -3.12. The number of esters is 1. The van der Waals surface area contributed by atoms with Gasteiger partial charge in [-0.15, -0.1) is 0 Å². The largest absolute Gasteiger partial charge is 0.491 e. The van der Waals surface area contributed by atoms with Crippen LogP contribution in [0.2, 0.25) is 0 Å². The van der Waals surface area contributed by atoms with Crippen molar-refractivity contribution in [2.45, 2.75) is 31.0 Å². The monoisotopic (exact) mass is 450 g/mol. The van der Waals surface area contributed by atoms with E-state index >= 15 is 0 Å². The minimum Gasteiger partial charge on any atom is -0.399 e. The first kappa shape index (κ1) is 20.8. The van der Waals surface area contributed by atoms with Crippen LogP contribution < -0.4 is 16.0 Å². The zero-order valence-electron chi connectivity index (χ0n) is 16.8. The molecule has 4 fully saturated rings. The molecule has 0 saturated carbocycles. The van der Waals surface area contributed by atoms with Gasteiger partial charge in [0.15, 0.2) is 0 Å². The van der Waals surface area contributed by atoms with Crippen LogP contribution in [0.5, 0.6) is 0 Å². The van der Waals surface area contributed by atoms with Crippen LogP contribution in [-0.4, -0.2) is 64.6 Å². The quantitative estimate of drug-likeness (QED) is 0.313. The topological polar surface area (TPSA) is 111 Å². The van der Waals surface area contributed by atoms with Gasteiger partial charge in [-0.2, -0.15) is 13.2 Å². The second-order valence-electron chi connectivity index (χ2n) is 8.24. The number of nitrogens with zero attached hydrogens (tertiary/aromatic N) is 2. The summed E-state index contributed by atoms with van der Waals surface area (Å²) in [5.74, 6) is -5.11. The van der Waals surface area contributed by atoms with Crippen LogP contribution >= 0.6 is 0 Å². The number of hydrogen-bond donors (Lipinski definition) is 4. The number of H-pyrrole nitrogens is 1. The number of fused-ring (bicyclic) bond motifs is 4. The van der Waals surface area contributed by atoms with Crippen molar-refractivity contribution in [3.63, 3.8) is 0 Å². The molecule has 6 rings (SSSR count). The number of carbonyl (C=O) groups excluding carboxylic acids is 2. The number of rotatable bonds is 4. The highest BCUT2D eigenvalue weighted by atomic mass is 19.4. The Morgan fingerprint density at radius 3 is 2.78 bits per heavy atom. The van der Waals surface area contributed by atoms with Gasteiger partial charge in [0.2, 0.25) is 0 Å². The summed E-state index contributed by atoms with van der Waals surface area (Å²) in [5, 5.41) is 8.71. The summed E-state index contributed by atoms with van der Waals surface area (Å²) >= 11 is 0. The van der Waals surface area contributed by atoms with Crippen LogP contribution in [0.25, 0.3) is 17.1 Å². The van der Waals surface area contributed by atoms with E-state index in [1.807, 2.05) is 0 Å². The predicted molar refractivity (Wildman–Crippen MR) is 106 cm³/mol. The molecule has 32 heavy (non-hydrogen) atoms. The van der Waals surface area contributed by atoms with Gasteiger partial charge in [-0.05, 0) is 50.1 Å². The molecule has 4 aliphatic rings. The van der Waals surface area contributed by atoms with Crippen LogP contribution in [0, 0.1) is 5.92 Å². The van der Waals surface area contributed by atoms with Crippen LogP contribution in [0.3, 0.4) is 0 Å². The van der Waals surface area contributed by atoms with E-state index in [1.165, 1.54) is 6.08 Å². The molecule has 170 valence electrons. The van der Waals surface area contributed by atoms with Gasteiger partial charge >= 0.3 is 18.1 Å². The van der Waals surface area contributed by atoms with Crippen LogP contribution in [0.4, 0.5) is 13.2 Å². The van der Waals surface area contributed by atoms with Gasteiger partial charge in [0.1, 0.15) is 11.3 Å². The molecule has 6 heterocycles. The number of amides is 1. The molecular weight excluding hydrogens is 429 g/mol. The normalized spacial score (nSPS) is 31.0. The number of aromatic amines is 1. The van der Waals surface area contributed by atoms with E-state index < -0.39 is 24.0 Å². The van der Waals surface area contributed by atoms with Crippen molar-refractivity contribution in [2.24, 2.45) is 5.92 Å². The molecule has 2 bridgehead atoms. The van der Waals surface area contributed by atoms with Crippen molar-refractivity contribution in [3.8, 4) is 0 Å². The van der Waals surface area contributed by atoms with E-state index in [2.05, 4.69) is 30.8 Å². The third-order valence-electron chi connectivity index (χ3n) is 6.15. The Bertz CT molecular complexity index is 1090. The summed E-state index contributed by atoms with van der Waals surface area (Å²) in [4.78, 5) is 33.7. The van der Waals surface area contributed by atoms with Gasteiger partial charge in [0, 0.05) is 35.9 Å². The highest BCUT2D eigenvalue weighted by Crippen LogP contribution is 2.30. The number of nitrogens with one attached hydrogen (secondary N) is 4. The van der Waals surface area contributed by atoms with Gasteiger partial charge in [-0.3, -0.25) is 10.1 Å². The maximum atomic E-state index is 13.0.